The van der Waals surface area contributed by atoms with Crippen LogP contribution in [0.25, 0.3) is 0 Å². The van der Waals surface area contributed by atoms with Gasteiger partial charge in [0.2, 0.25) is 0 Å². The average molecular weight is 356 g/mol. The van der Waals surface area contributed by atoms with Gasteiger partial charge in [-0.05, 0) is 35.9 Å². The third-order valence-electron chi connectivity index (χ3n) is 3.13. The van der Waals surface area contributed by atoms with Crippen molar-refractivity contribution in [1.82, 2.24) is 0 Å². The Morgan fingerprint density at radius 2 is 1.80 bits per heavy atom. The van der Waals surface area contributed by atoms with Gasteiger partial charge in [-0.1, -0.05) is 33.6 Å². The van der Waals surface area contributed by atoms with Crippen LogP contribution in [0.1, 0.15) is 17.2 Å². The molecule has 0 radical (unpaired) electrons. The standard InChI is InChI=1S/C15H12BrClO3/c16-12-3-2-10(17)8-11(12)15(18)9-1-4-13-14(7-9)20-6-5-19-13/h1-4,7-8,15,18H,5-6H2. The summed E-state index contributed by atoms with van der Waals surface area (Å²) < 4.78 is 11.8. The lowest BCUT2D eigenvalue weighted by molar-refractivity contribution is 0.169. The molecular weight excluding hydrogens is 344 g/mol. The Hall–Kier alpha value is -1.23. The average Bonchev–Trinajstić information content (AvgIpc) is 2.48. The molecule has 0 amide bonds. The molecule has 0 saturated heterocycles. The molecule has 1 N–H and O–H groups in total. The molecule has 0 aliphatic carbocycles. The molecule has 0 spiro atoms. The monoisotopic (exact) mass is 354 g/mol. The molecule has 1 unspecified atom stereocenters. The summed E-state index contributed by atoms with van der Waals surface area (Å²) in [6.07, 6.45) is -0.779. The molecule has 0 aromatic heterocycles. The van der Waals surface area contributed by atoms with Gasteiger partial charge in [-0.15, -0.1) is 0 Å². The van der Waals surface area contributed by atoms with Gasteiger partial charge >= 0.3 is 0 Å². The Morgan fingerprint density at radius 3 is 2.60 bits per heavy atom. The topological polar surface area (TPSA) is 38.7 Å². The van der Waals surface area contributed by atoms with E-state index in [9.17, 15) is 5.11 Å². The van der Waals surface area contributed by atoms with E-state index in [1.54, 1.807) is 18.2 Å². The van der Waals surface area contributed by atoms with E-state index in [1.807, 2.05) is 18.2 Å². The van der Waals surface area contributed by atoms with Gasteiger partial charge in [-0.25, -0.2) is 0 Å². The first kappa shape index (κ1) is 13.7. The molecular formula is C15H12BrClO3. The molecule has 2 aromatic carbocycles. The van der Waals surface area contributed by atoms with Crippen molar-refractivity contribution in [1.29, 1.82) is 0 Å². The van der Waals surface area contributed by atoms with Crippen molar-refractivity contribution in [3.8, 4) is 11.5 Å². The Balaban J connectivity index is 1.97. The zero-order chi connectivity index (χ0) is 14.1. The number of halogens is 2. The van der Waals surface area contributed by atoms with E-state index in [-0.39, 0.29) is 0 Å². The van der Waals surface area contributed by atoms with E-state index >= 15 is 0 Å². The van der Waals surface area contributed by atoms with Crippen LogP contribution in [0.5, 0.6) is 11.5 Å². The lowest BCUT2D eigenvalue weighted by Crippen LogP contribution is -2.15. The maximum atomic E-state index is 10.5. The highest BCUT2D eigenvalue weighted by Crippen LogP contribution is 2.36. The van der Waals surface area contributed by atoms with Crippen LogP contribution in [0.3, 0.4) is 0 Å². The highest BCUT2D eigenvalue weighted by molar-refractivity contribution is 9.10. The lowest BCUT2D eigenvalue weighted by atomic mass is 10.0. The Bertz CT molecular complexity index is 645. The van der Waals surface area contributed by atoms with Crippen LogP contribution in [0.2, 0.25) is 5.02 Å². The van der Waals surface area contributed by atoms with Gasteiger partial charge in [0.05, 0.1) is 0 Å². The quantitative estimate of drug-likeness (QED) is 0.886. The van der Waals surface area contributed by atoms with E-state index in [1.165, 1.54) is 0 Å². The van der Waals surface area contributed by atoms with Crippen molar-refractivity contribution in [3.63, 3.8) is 0 Å². The second kappa shape index (κ2) is 5.64. The number of aliphatic hydroxyl groups excluding tert-OH is 1. The molecule has 0 fully saturated rings. The molecule has 0 saturated carbocycles. The minimum absolute atomic E-state index is 0.521. The van der Waals surface area contributed by atoms with Crippen molar-refractivity contribution in [2.75, 3.05) is 13.2 Å². The van der Waals surface area contributed by atoms with Crippen LogP contribution >= 0.6 is 27.5 Å². The summed E-state index contributed by atoms with van der Waals surface area (Å²) in [5, 5.41) is 11.1. The second-order valence-corrected chi connectivity index (χ2v) is 5.76. The number of aliphatic hydroxyl groups is 1. The lowest BCUT2D eigenvalue weighted by Gasteiger charge is -2.20. The summed E-state index contributed by atoms with van der Waals surface area (Å²) in [5.41, 5.74) is 1.45. The summed E-state index contributed by atoms with van der Waals surface area (Å²) in [4.78, 5) is 0. The fourth-order valence-corrected chi connectivity index (χ4v) is 2.78. The third kappa shape index (κ3) is 2.64. The number of rotatable bonds is 2. The van der Waals surface area contributed by atoms with Crippen molar-refractivity contribution in [3.05, 3.63) is 57.0 Å². The van der Waals surface area contributed by atoms with Gasteiger partial charge in [-0.2, -0.15) is 0 Å². The maximum absolute atomic E-state index is 10.5. The summed E-state index contributed by atoms with van der Waals surface area (Å²) in [5.74, 6) is 1.36. The predicted octanol–water partition coefficient (Wildman–Crippen LogP) is 3.96. The van der Waals surface area contributed by atoms with Crippen LogP contribution in [0.4, 0.5) is 0 Å². The molecule has 0 bridgehead atoms. The summed E-state index contributed by atoms with van der Waals surface area (Å²) in [7, 11) is 0. The number of ether oxygens (including phenoxy) is 2. The highest BCUT2D eigenvalue weighted by atomic mass is 79.9. The molecule has 3 rings (SSSR count). The second-order valence-electron chi connectivity index (χ2n) is 4.47. The van der Waals surface area contributed by atoms with Crippen LogP contribution in [-0.2, 0) is 0 Å². The van der Waals surface area contributed by atoms with Gasteiger partial charge in [0, 0.05) is 15.1 Å². The minimum atomic E-state index is -0.779. The Morgan fingerprint density at radius 1 is 1.05 bits per heavy atom. The number of hydrogen-bond donors (Lipinski definition) is 1. The molecule has 1 atom stereocenters. The smallest absolute Gasteiger partial charge is 0.161 e. The van der Waals surface area contributed by atoms with Crippen LogP contribution in [0, 0.1) is 0 Å². The van der Waals surface area contributed by atoms with E-state index in [0.29, 0.717) is 35.3 Å². The molecule has 1 aliphatic heterocycles. The SMILES string of the molecule is OC(c1ccc2c(c1)OCCO2)c1cc(Cl)ccc1Br. The first-order chi connectivity index (χ1) is 9.65. The molecule has 5 heteroatoms. The highest BCUT2D eigenvalue weighted by Gasteiger charge is 2.18. The molecule has 104 valence electrons. The van der Waals surface area contributed by atoms with Gasteiger partial charge in [0.1, 0.15) is 19.3 Å². The normalized spacial score (nSPS) is 14.9. The first-order valence-corrected chi connectivity index (χ1v) is 7.35. The van der Waals surface area contributed by atoms with Crippen LogP contribution in [0.15, 0.2) is 40.9 Å². The Kier molecular flexibility index (Phi) is 3.87. The third-order valence-corrected chi connectivity index (χ3v) is 4.09. The maximum Gasteiger partial charge on any atom is 0.161 e. The fraction of sp³-hybridized carbons (Fsp3) is 0.200. The van der Waals surface area contributed by atoms with Gasteiger partial charge in [-0.3, -0.25) is 0 Å². The minimum Gasteiger partial charge on any atom is -0.486 e. The van der Waals surface area contributed by atoms with Crippen molar-refractivity contribution < 1.29 is 14.6 Å². The molecule has 3 nitrogen and oxygen atoms in total. The van der Waals surface area contributed by atoms with Crippen molar-refractivity contribution >= 4 is 27.5 Å². The molecule has 20 heavy (non-hydrogen) atoms. The van der Waals surface area contributed by atoms with Gasteiger partial charge < -0.3 is 14.6 Å². The van der Waals surface area contributed by atoms with Gasteiger partial charge in [0.25, 0.3) is 0 Å². The fourth-order valence-electron chi connectivity index (χ4n) is 2.13. The molecule has 2 aromatic rings. The summed E-state index contributed by atoms with van der Waals surface area (Å²) >= 11 is 9.42. The zero-order valence-corrected chi connectivity index (χ0v) is 12.8. The first-order valence-electron chi connectivity index (χ1n) is 6.18. The summed E-state index contributed by atoms with van der Waals surface area (Å²) in [6.45, 7) is 1.07. The van der Waals surface area contributed by atoms with Crippen LogP contribution in [-0.4, -0.2) is 18.3 Å². The van der Waals surface area contributed by atoms with E-state index in [4.69, 9.17) is 21.1 Å². The number of hydrogen-bond acceptors (Lipinski definition) is 3. The van der Waals surface area contributed by atoms with Crippen molar-refractivity contribution in [2.24, 2.45) is 0 Å². The van der Waals surface area contributed by atoms with E-state index < -0.39 is 6.10 Å². The zero-order valence-electron chi connectivity index (χ0n) is 10.5. The number of fused-ring (bicyclic) bond motifs is 1. The molecule has 1 heterocycles. The van der Waals surface area contributed by atoms with E-state index in [0.717, 1.165) is 10.0 Å². The van der Waals surface area contributed by atoms with E-state index in [2.05, 4.69) is 15.9 Å². The van der Waals surface area contributed by atoms with Crippen LogP contribution < -0.4 is 9.47 Å². The van der Waals surface area contributed by atoms with Gasteiger partial charge in [0.15, 0.2) is 11.5 Å². The largest absolute Gasteiger partial charge is 0.486 e. The van der Waals surface area contributed by atoms with Crippen molar-refractivity contribution in [2.45, 2.75) is 6.10 Å². The Labute approximate surface area is 130 Å². The number of benzene rings is 2. The summed E-state index contributed by atoms with van der Waals surface area (Å²) in [6, 6.07) is 10.8. The molecule has 1 aliphatic rings. The predicted molar refractivity (Wildman–Crippen MR) is 80.6 cm³/mol.